The maximum Gasteiger partial charge on any atom is 0.328 e. The predicted molar refractivity (Wildman–Crippen MR) is 62.3 cm³/mol. The molecule has 0 aliphatic rings. The highest BCUT2D eigenvalue weighted by Gasteiger charge is 2.04. The Hall–Kier alpha value is -1.69. The van der Waals surface area contributed by atoms with Gasteiger partial charge in [0.05, 0.1) is 0 Å². The van der Waals surface area contributed by atoms with E-state index in [1.807, 2.05) is 6.92 Å². The number of carbonyl (C=O) groups is 2. The van der Waals surface area contributed by atoms with Crippen LogP contribution in [0.5, 0.6) is 0 Å². The normalized spacial score (nSPS) is 10.6. The standard InChI is InChI=1S/C10H12N2O3S/c1-2-3-8(13)12-10-11-6-7(16-10)4-5-9(14)15/h4-6H,2-3H2,1H3,(H,14,15)(H,11,12,13)/b5-4+. The van der Waals surface area contributed by atoms with Crippen LogP contribution in [0.4, 0.5) is 5.13 Å². The van der Waals surface area contributed by atoms with Crippen LogP contribution in [0, 0.1) is 0 Å². The van der Waals surface area contributed by atoms with Crippen LogP contribution in [0.15, 0.2) is 12.3 Å². The van der Waals surface area contributed by atoms with Gasteiger partial charge in [0, 0.05) is 23.6 Å². The number of thiazole rings is 1. The number of aromatic nitrogens is 1. The Balaban J connectivity index is 2.58. The highest BCUT2D eigenvalue weighted by atomic mass is 32.1. The molecule has 1 heterocycles. The first kappa shape index (κ1) is 12.4. The molecule has 0 unspecified atom stereocenters. The maximum absolute atomic E-state index is 11.2. The third-order valence-electron chi connectivity index (χ3n) is 1.64. The topological polar surface area (TPSA) is 79.3 Å². The Labute approximate surface area is 96.8 Å². The summed E-state index contributed by atoms with van der Waals surface area (Å²) in [4.78, 5) is 26.1. The first-order chi connectivity index (χ1) is 7.61. The SMILES string of the molecule is CCCC(=O)Nc1ncc(/C=C/C(=O)O)s1. The van der Waals surface area contributed by atoms with Gasteiger partial charge in [0.1, 0.15) is 0 Å². The molecule has 1 rings (SSSR count). The van der Waals surface area contributed by atoms with Crippen molar-refractivity contribution in [2.75, 3.05) is 5.32 Å². The number of amides is 1. The highest BCUT2D eigenvalue weighted by Crippen LogP contribution is 2.19. The van der Waals surface area contributed by atoms with E-state index < -0.39 is 5.97 Å². The minimum atomic E-state index is -1.01. The average molecular weight is 240 g/mol. The lowest BCUT2D eigenvalue weighted by molar-refractivity contribution is -0.131. The van der Waals surface area contributed by atoms with Gasteiger partial charge in [-0.3, -0.25) is 4.79 Å². The van der Waals surface area contributed by atoms with Gasteiger partial charge >= 0.3 is 5.97 Å². The number of carbonyl (C=O) groups excluding carboxylic acids is 1. The van der Waals surface area contributed by atoms with E-state index in [2.05, 4.69) is 10.3 Å². The second kappa shape index (κ2) is 6.02. The highest BCUT2D eigenvalue weighted by molar-refractivity contribution is 7.16. The zero-order valence-electron chi connectivity index (χ0n) is 8.77. The summed E-state index contributed by atoms with van der Waals surface area (Å²) >= 11 is 1.24. The maximum atomic E-state index is 11.2. The molecular weight excluding hydrogens is 228 g/mol. The van der Waals surface area contributed by atoms with E-state index in [-0.39, 0.29) is 5.91 Å². The van der Waals surface area contributed by atoms with Gasteiger partial charge in [-0.2, -0.15) is 0 Å². The fourth-order valence-corrected chi connectivity index (χ4v) is 1.72. The molecule has 2 N–H and O–H groups in total. The fourth-order valence-electron chi connectivity index (χ4n) is 0.984. The molecule has 86 valence electrons. The molecule has 1 amide bonds. The van der Waals surface area contributed by atoms with Crippen molar-refractivity contribution in [2.45, 2.75) is 19.8 Å². The lowest BCUT2D eigenvalue weighted by Crippen LogP contribution is -2.09. The Kier molecular flexibility index (Phi) is 4.65. The van der Waals surface area contributed by atoms with E-state index >= 15 is 0 Å². The van der Waals surface area contributed by atoms with E-state index in [0.29, 0.717) is 16.4 Å². The molecule has 0 spiro atoms. The minimum absolute atomic E-state index is 0.0781. The summed E-state index contributed by atoms with van der Waals surface area (Å²) in [7, 11) is 0. The molecule has 16 heavy (non-hydrogen) atoms. The number of hydrogen-bond acceptors (Lipinski definition) is 4. The van der Waals surface area contributed by atoms with Gasteiger partial charge in [0.15, 0.2) is 5.13 Å². The number of nitrogens with one attached hydrogen (secondary N) is 1. The molecule has 6 heteroatoms. The Morgan fingerprint density at radius 3 is 3.00 bits per heavy atom. The van der Waals surface area contributed by atoms with Crippen molar-refractivity contribution < 1.29 is 14.7 Å². The van der Waals surface area contributed by atoms with E-state index in [4.69, 9.17) is 5.11 Å². The summed E-state index contributed by atoms with van der Waals surface area (Å²) in [5.74, 6) is -1.09. The largest absolute Gasteiger partial charge is 0.478 e. The van der Waals surface area contributed by atoms with Crippen LogP contribution in [0.1, 0.15) is 24.6 Å². The van der Waals surface area contributed by atoms with Crippen LogP contribution in [-0.4, -0.2) is 22.0 Å². The Bertz CT molecular complexity index is 412. The van der Waals surface area contributed by atoms with Crippen LogP contribution < -0.4 is 5.32 Å². The van der Waals surface area contributed by atoms with Crippen molar-refractivity contribution in [3.05, 3.63) is 17.2 Å². The van der Waals surface area contributed by atoms with Crippen LogP contribution in [0.3, 0.4) is 0 Å². The van der Waals surface area contributed by atoms with Crippen LogP contribution in [0.25, 0.3) is 6.08 Å². The van der Waals surface area contributed by atoms with Crippen LogP contribution in [0.2, 0.25) is 0 Å². The molecule has 0 atom stereocenters. The first-order valence-electron chi connectivity index (χ1n) is 4.78. The van der Waals surface area contributed by atoms with Crippen LogP contribution >= 0.6 is 11.3 Å². The number of carboxylic acids is 1. The van der Waals surface area contributed by atoms with Gasteiger partial charge in [-0.15, -0.1) is 0 Å². The smallest absolute Gasteiger partial charge is 0.328 e. The molecule has 0 radical (unpaired) electrons. The van der Waals surface area contributed by atoms with Crippen molar-refractivity contribution in [1.82, 2.24) is 4.98 Å². The quantitative estimate of drug-likeness (QED) is 0.771. The Morgan fingerprint density at radius 1 is 1.62 bits per heavy atom. The summed E-state index contributed by atoms with van der Waals surface area (Å²) in [6.45, 7) is 1.92. The molecule has 0 bridgehead atoms. The number of rotatable bonds is 5. The van der Waals surface area contributed by atoms with Crippen molar-refractivity contribution in [3.8, 4) is 0 Å². The molecule has 0 aliphatic heterocycles. The summed E-state index contributed by atoms with van der Waals surface area (Å²) in [6.07, 6.45) is 5.23. The molecule has 0 fully saturated rings. The summed E-state index contributed by atoms with van der Waals surface area (Å²) in [5.41, 5.74) is 0. The Morgan fingerprint density at radius 2 is 2.38 bits per heavy atom. The molecule has 1 aromatic heterocycles. The first-order valence-corrected chi connectivity index (χ1v) is 5.60. The summed E-state index contributed by atoms with van der Waals surface area (Å²) in [6, 6.07) is 0. The van der Waals surface area contributed by atoms with E-state index in [1.165, 1.54) is 23.6 Å². The summed E-state index contributed by atoms with van der Waals surface area (Å²) < 4.78 is 0. The number of anilines is 1. The molecule has 0 aromatic carbocycles. The molecule has 0 saturated carbocycles. The molecule has 5 nitrogen and oxygen atoms in total. The molecule has 1 aromatic rings. The van der Waals surface area contributed by atoms with Gasteiger partial charge < -0.3 is 10.4 Å². The predicted octanol–water partition coefficient (Wildman–Crippen LogP) is 1.98. The zero-order valence-corrected chi connectivity index (χ0v) is 9.58. The zero-order chi connectivity index (χ0) is 12.0. The summed E-state index contributed by atoms with van der Waals surface area (Å²) in [5, 5.41) is 11.6. The van der Waals surface area contributed by atoms with Crippen molar-refractivity contribution in [2.24, 2.45) is 0 Å². The fraction of sp³-hybridized carbons (Fsp3) is 0.300. The van der Waals surface area contributed by atoms with Crippen molar-refractivity contribution in [3.63, 3.8) is 0 Å². The monoisotopic (exact) mass is 240 g/mol. The lowest BCUT2D eigenvalue weighted by atomic mass is 10.3. The van der Waals surface area contributed by atoms with Gasteiger partial charge in [-0.25, -0.2) is 9.78 Å². The number of nitrogens with zero attached hydrogens (tertiary/aromatic N) is 1. The third kappa shape index (κ3) is 4.22. The van der Waals surface area contributed by atoms with E-state index in [0.717, 1.165) is 12.5 Å². The van der Waals surface area contributed by atoms with Gasteiger partial charge in [0.2, 0.25) is 5.91 Å². The molecular formula is C10H12N2O3S. The molecule has 0 aliphatic carbocycles. The number of aliphatic carboxylic acids is 1. The van der Waals surface area contributed by atoms with E-state index in [9.17, 15) is 9.59 Å². The van der Waals surface area contributed by atoms with Gasteiger partial charge in [0.25, 0.3) is 0 Å². The minimum Gasteiger partial charge on any atom is -0.478 e. The third-order valence-corrected chi connectivity index (χ3v) is 2.52. The second-order valence-corrected chi connectivity index (χ2v) is 4.10. The number of carboxylic acid groups (broad SMARTS) is 1. The van der Waals surface area contributed by atoms with Crippen LogP contribution in [-0.2, 0) is 9.59 Å². The lowest BCUT2D eigenvalue weighted by Gasteiger charge is -1.97. The number of hydrogen-bond donors (Lipinski definition) is 2. The average Bonchev–Trinajstić information content (AvgIpc) is 2.63. The van der Waals surface area contributed by atoms with Crippen molar-refractivity contribution >= 4 is 34.4 Å². The van der Waals surface area contributed by atoms with Crippen molar-refractivity contribution in [1.29, 1.82) is 0 Å². The van der Waals surface area contributed by atoms with Gasteiger partial charge in [-0.1, -0.05) is 18.3 Å². The second-order valence-electron chi connectivity index (χ2n) is 3.04. The van der Waals surface area contributed by atoms with E-state index in [1.54, 1.807) is 0 Å². The van der Waals surface area contributed by atoms with Gasteiger partial charge in [-0.05, 0) is 12.5 Å². The molecule has 0 saturated heterocycles.